The zero-order valence-corrected chi connectivity index (χ0v) is 12.2. The number of aryl methyl sites for hydroxylation is 1. The van der Waals surface area contributed by atoms with Crippen LogP contribution in [0.25, 0.3) is 11.0 Å². The molecule has 0 bridgehead atoms. The number of fused-ring (bicyclic) bond motifs is 1. The first-order chi connectivity index (χ1) is 9.69. The summed E-state index contributed by atoms with van der Waals surface area (Å²) < 4.78 is 1.92. The molecule has 0 aliphatic rings. The molecule has 104 valence electrons. The molecule has 3 heterocycles. The molecule has 0 radical (unpaired) electrons. The van der Waals surface area contributed by atoms with Crippen molar-refractivity contribution in [2.45, 2.75) is 24.0 Å². The maximum atomic E-state index is 4.51. The van der Waals surface area contributed by atoms with E-state index in [2.05, 4.69) is 35.7 Å². The SMILES string of the molecule is CCNc1nc(Sc2nnc(C)n2C)c2cn[nH]c2n1. The molecule has 3 aromatic heterocycles. The van der Waals surface area contributed by atoms with Gasteiger partial charge in [0.05, 0.1) is 11.6 Å². The van der Waals surface area contributed by atoms with Crippen molar-refractivity contribution >= 4 is 28.7 Å². The first kappa shape index (κ1) is 12.9. The van der Waals surface area contributed by atoms with Crippen LogP contribution in [0.2, 0.25) is 0 Å². The minimum Gasteiger partial charge on any atom is -0.354 e. The Morgan fingerprint density at radius 2 is 2.20 bits per heavy atom. The molecule has 20 heavy (non-hydrogen) atoms. The fraction of sp³-hybridized carbons (Fsp3) is 0.364. The van der Waals surface area contributed by atoms with Crippen LogP contribution in [0.4, 0.5) is 5.95 Å². The Kier molecular flexibility index (Phi) is 3.26. The van der Waals surface area contributed by atoms with Crippen LogP contribution in [-0.4, -0.2) is 41.5 Å². The van der Waals surface area contributed by atoms with Gasteiger partial charge in [-0.15, -0.1) is 10.2 Å². The fourth-order valence-electron chi connectivity index (χ4n) is 1.69. The first-order valence-corrected chi connectivity index (χ1v) is 6.99. The molecule has 0 aromatic carbocycles. The lowest BCUT2D eigenvalue weighted by Gasteiger charge is -2.05. The molecule has 0 atom stereocenters. The second kappa shape index (κ2) is 5.08. The minimum atomic E-state index is 0.575. The number of aromatic amines is 1. The van der Waals surface area contributed by atoms with Gasteiger partial charge in [0, 0.05) is 13.6 Å². The molecule has 0 spiro atoms. The van der Waals surface area contributed by atoms with Crippen LogP contribution >= 0.6 is 11.8 Å². The van der Waals surface area contributed by atoms with Gasteiger partial charge in [0.15, 0.2) is 10.8 Å². The summed E-state index contributed by atoms with van der Waals surface area (Å²) in [5, 5.41) is 20.6. The van der Waals surface area contributed by atoms with Gasteiger partial charge in [-0.3, -0.25) is 5.10 Å². The lowest BCUT2D eigenvalue weighted by atomic mass is 10.4. The zero-order valence-electron chi connectivity index (χ0n) is 11.4. The van der Waals surface area contributed by atoms with E-state index in [1.54, 1.807) is 6.20 Å². The Labute approximate surface area is 119 Å². The molecule has 0 aliphatic carbocycles. The maximum Gasteiger partial charge on any atom is 0.225 e. The third kappa shape index (κ3) is 2.20. The van der Waals surface area contributed by atoms with E-state index in [0.717, 1.165) is 27.9 Å². The van der Waals surface area contributed by atoms with Crippen molar-refractivity contribution in [3.63, 3.8) is 0 Å². The number of anilines is 1. The molecule has 0 unspecified atom stereocenters. The van der Waals surface area contributed by atoms with Crippen LogP contribution in [0.3, 0.4) is 0 Å². The number of nitrogens with zero attached hydrogens (tertiary/aromatic N) is 6. The average molecular weight is 290 g/mol. The minimum absolute atomic E-state index is 0.575. The van der Waals surface area contributed by atoms with E-state index in [1.807, 2.05) is 25.5 Å². The number of H-pyrrole nitrogens is 1. The Hall–Kier alpha value is -2.16. The van der Waals surface area contributed by atoms with Crippen molar-refractivity contribution in [1.82, 2.24) is 34.9 Å². The maximum absolute atomic E-state index is 4.51. The summed E-state index contributed by atoms with van der Waals surface area (Å²) in [6.07, 6.45) is 1.72. The van der Waals surface area contributed by atoms with Gasteiger partial charge in [-0.2, -0.15) is 10.1 Å². The van der Waals surface area contributed by atoms with Gasteiger partial charge >= 0.3 is 0 Å². The van der Waals surface area contributed by atoms with Gasteiger partial charge in [-0.1, -0.05) is 0 Å². The van der Waals surface area contributed by atoms with Crippen molar-refractivity contribution in [1.29, 1.82) is 0 Å². The first-order valence-electron chi connectivity index (χ1n) is 6.18. The summed E-state index contributed by atoms with van der Waals surface area (Å²) >= 11 is 1.45. The van der Waals surface area contributed by atoms with Gasteiger partial charge in [-0.25, -0.2) is 4.98 Å². The summed E-state index contributed by atoms with van der Waals surface area (Å²) in [4.78, 5) is 8.87. The Morgan fingerprint density at radius 1 is 1.35 bits per heavy atom. The lowest BCUT2D eigenvalue weighted by Crippen LogP contribution is -2.03. The van der Waals surface area contributed by atoms with E-state index in [4.69, 9.17) is 0 Å². The summed E-state index contributed by atoms with van der Waals surface area (Å²) in [6.45, 7) is 4.67. The van der Waals surface area contributed by atoms with E-state index < -0.39 is 0 Å². The third-order valence-corrected chi connectivity index (χ3v) is 3.89. The number of nitrogens with one attached hydrogen (secondary N) is 2. The van der Waals surface area contributed by atoms with Crippen molar-refractivity contribution in [3.8, 4) is 0 Å². The number of aromatic nitrogens is 7. The Morgan fingerprint density at radius 3 is 2.90 bits per heavy atom. The standard InChI is InChI=1S/C11H14N8S/c1-4-12-10-14-8-7(5-13-17-8)9(15-10)20-11-18-16-6(2)19(11)3/h5H,4H2,1-3H3,(H2,12,13,14,15,17). The van der Waals surface area contributed by atoms with Gasteiger partial charge in [0.2, 0.25) is 5.95 Å². The molecule has 3 rings (SSSR count). The quantitative estimate of drug-likeness (QED) is 0.700. The summed E-state index contributed by atoms with van der Waals surface area (Å²) in [6, 6.07) is 0. The van der Waals surface area contributed by atoms with E-state index in [0.29, 0.717) is 11.6 Å². The molecule has 8 nitrogen and oxygen atoms in total. The second-order valence-electron chi connectivity index (χ2n) is 4.21. The van der Waals surface area contributed by atoms with Gasteiger partial charge in [0.25, 0.3) is 0 Å². The molecule has 0 fully saturated rings. The monoisotopic (exact) mass is 290 g/mol. The van der Waals surface area contributed by atoms with E-state index in [-0.39, 0.29) is 0 Å². The normalized spacial score (nSPS) is 11.2. The Balaban J connectivity index is 2.05. The fourth-order valence-corrected chi connectivity index (χ4v) is 2.60. The van der Waals surface area contributed by atoms with E-state index in [9.17, 15) is 0 Å². The number of hydrogen-bond acceptors (Lipinski definition) is 7. The molecular formula is C11H14N8S. The smallest absolute Gasteiger partial charge is 0.225 e. The van der Waals surface area contributed by atoms with Crippen molar-refractivity contribution in [2.75, 3.05) is 11.9 Å². The summed E-state index contributed by atoms with van der Waals surface area (Å²) in [5.41, 5.74) is 0.706. The largest absolute Gasteiger partial charge is 0.354 e. The van der Waals surface area contributed by atoms with E-state index >= 15 is 0 Å². The molecule has 3 aromatic rings. The van der Waals surface area contributed by atoms with Crippen molar-refractivity contribution in [2.24, 2.45) is 7.05 Å². The van der Waals surface area contributed by atoms with Crippen LogP contribution in [0.15, 0.2) is 16.4 Å². The highest BCUT2D eigenvalue weighted by atomic mass is 32.2. The Bertz CT molecular complexity index is 746. The second-order valence-corrected chi connectivity index (χ2v) is 5.16. The molecule has 0 saturated heterocycles. The van der Waals surface area contributed by atoms with Gasteiger partial charge in [0.1, 0.15) is 10.9 Å². The summed E-state index contributed by atoms with van der Waals surface area (Å²) in [7, 11) is 1.93. The van der Waals surface area contributed by atoms with Crippen LogP contribution < -0.4 is 5.32 Å². The zero-order chi connectivity index (χ0) is 14.1. The van der Waals surface area contributed by atoms with Crippen LogP contribution in [0, 0.1) is 6.92 Å². The highest BCUT2D eigenvalue weighted by molar-refractivity contribution is 7.99. The lowest BCUT2D eigenvalue weighted by molar-refractivity contribution is 0.765. The van der Waals surface area contributed by atoms with E-state index in [1.165, 1.54) is 11.8 Å². The van der Waals surface area contributed by atoms with Crippen LogP contribution in [0.1, 0.15) is 12.7 Å². The predicted octanol–water partition coefficient (Wildman–Crippen LogP) is 1.37. The predicted molar refractivity (Wildman–Crippen MR) is 75.7 cm³/mol. The van der Waals surface area contributed by atoms with Crippen molar-refractivity contribution in [3.05, 3.63) is 12.0 Å². The van der Waals surface area contributed by atoms with Gasteiger partial charge in [-0.05, 0) is 25.6 Å². The van der Waals surface area contributed by atoms with Crippen LogP contribution in [0.5, 0.6) is 0 Å². The number of rotatable bonds is 4. The van der Waals surface area contributed by atoms with Gasteiger partial charge < -0.3 is 9.88 Å². The molecule has 0 saturated carbocycles. The van der Waals surface area contributed by atoms with Crippen molar-refractivity contribution < 1.29 is 0 Å². The highest BCUT2D eigenvalue weighted by Crippen LogP contribution is 2.30. The third-order valence-electron chi connectivity index (χ3n) is 2.85. The molecule has 0 amide bonds. The molecular weight excluding hydrogens is 276 g/mol. The molecule has 9 heteroatoms. The topological polar surface area (TPSA) is 97.2 Å². The molecule has 2 N–H and O–H groups in total. The number of hydrogen-bond donors (Lipinski definition) is 2. The molecule has 0 aliphatic heterocycles. The van der Waals surface area contributed by atoms with Crippen LogP contribution in [-0.2, 0) is 7.05 Å². The summed E-state index contributed by atoms with van der Waals surface area (Å²) in [5.74, 6) is 1.43. The highest BCUT2D eigenvalue weighted by Gasteiger charge is 2.14. The average Bonchev–Trinajstić information content (AvgIpc) is 3.01.